The maximum Gasteiger partial charge on any atom is 0.254 e. The molecular formula is C31H32N2O5. The minimum Gasteiger partial charge on any atom is -0.493 e. The average molecular weight is 513 g/mol. The van der Waals surface area contributed by atoms with Crippen LogP contribution in [0.2, 0.25) is 0 Å². The second-order valence-electron chi connectivity index (χ2n) is 9.90. The number of nitrogens with one attached hydrogen (secondary N) is 2. The van der Waals surface area contributed by atoms with Gasteiger partial charge in [-0.15, -0.1) is 0 Å². The van der Waals surface area contributed by atoms with E-state index in [4.69, 9.17) is 13.9 Å². The summed E-state index contributed by atoms with van der Waals surface area (Å²) < 4.78 is 16.9. The Hall–Kier alpha value is -4.26. The van der Waals surface area contributed by atoms with E-state index < -0.39 is 5.92 Å². The quantitative estimate of drug-likeness (QED) is 0.427. The van der Waals surface area contributed by atoms with Gasteiger partial charge in [0.2, 0.25) is 0 Å². The van der Waals surface area contributed by atoms with Crippen LogP contribution in [0.1, 0.15) is 54.2 Å². The number of carbonyl (C=O) groups excluding carboxylic acids is 2. The molecule has 196 valence electrons. The maximum absolute atomic E-state index is 13.8. The van der Waals surface area contributed by atoms with Gasteiger partial charge in [-0.3, -0.25) is 9.59 Å². The Balaban J connectivity index is 1.52. The number of Topliss-reactive ketones (excluding diaryl/α,β-unsaturated/α-hetero) is 1. The fraction of sp³-hybridized carbons (Fsp3) is 0.290. The van der Waals surface area contributed by atoms with Crippen molar-refractivity contribution >= 4 is 17.4 Å². The number of rotatable bonds is 6. The van der Waals surface area contributed by atoms with Crippen LogP contribution < -0.4 is 20.1 Å². The third-order valence-electron chi connectivity index (χ3n) is 7.31. The molecule has 0 fully saturated rings. The molecule has 0 bridgehead atoms. The Morgan fingerprint density at radius 3 is 2.34 bits per heavy atom. The number of ether oxygens (including phenoxy) is 2. The van der Waals surface area contributed by atoms with Crippen molar-refractivity contribution in [1.29, 1.82) is 0 Å². The van der Waals surface area contributed by atoms with Gasteiger partial charge < -0.3 is 24.5 Å². The Bertz CT molecular complexity index is 1460. The zero-order valence-corrected chi connectivity index (χ0v) is 22.3. The van der Waals surface area contributed by atoms with Gasteiger partial charge in [0, 0.05) is 29.1 Å². The first-order chi connectivity index (χ1) is 18.3. The Morgan fingerprint density at radius 2 is 1.68 bits per heavy atom. The first-order valence-electron chi connectivity index (χ1n) is 12.7. The number of benzene rings is 2. The zero-order chi connectivity index (χ0) is 27.0. The highest BCUT2D eigenvalue weighted by atomic mass is 16.5. The molecule has 1 amide bonds. The van der Waals surface area contributed by atoms with Gasteiger partial charge in [0.1, 0.15) is 11.5 Å². The summed E-state index contributed by atoms with van der Waals surface area (Å²) in [5.41, 5.74) is 5.40. The van der Waals surface area contributed by atoms with E-state index in [1.165, 1.54) is 0 Å². The molecule has 5 rings (SSSR count). The van der Waals surface area contributed by atoms with E-state index in [0.717, 1.165) is 22.6 Å². The third kappa shape index (κ3) is 4.72. The lowest BCUT2D eigenvalue weighted by Gasteiger charge is -2.36. The molecule has 0 saturated heterocycles. The predicted molar refractivity (Wildman–Crippen MR) is 145 cm³/mol. The van der Waals surface area contributed by atoms with Gasteiger partial charge in [-0.25, -0.2) is 0 Å². The highest BCUT2D eigenvalue weighted by Crippen LogP contribution is 2.46. The van der Waals surface area contributed by atoms with Crippen molar-refractivity contribution in [1.82, 2.24) is 5.32 Å². The summed E-state index contributed by atoms with van der Waals surface area (Å²) in [6, 6.07) is 17.1. The van der Waals surface area contributed by atoms with E-state index in [2.05, 4.69) is 10.6 Å². The van der Waals surface area contributed by atoms with Crippen LogP contribution in [-0.2, 0) is 9.59 Å². The summed E-state index contributed by atoms with van der Waals surface area (Å²) in [6.45, 7) is 5.73. The fourth-order valence-electron chi connectivity index (χ4n) is 5.41. The smallest absolute Gasteiger partial charge is 0.254 e. The molecule has 0 saturated carbocycles. The van der Waals surface area contributed by atoms with Gasteiger partial charge in [-0.05, 0) is 75.1 Å². The van der Waals surface area contributed by atoms with Crippen LogP contribution in [0.5, 0.6) is 11.5 Å². The first-order valence-corrected chi connectivity index (χ1v) is 12.7. The molecule has 2 aliphatic rings. The summed E-state index contributed by atoms with van der Waals surface area (Å²) in [7, 11) is 3.20. The Morgan fingerprint density at radius 1 is 0.947 bits per heavy atom. The molecule has 38 heavy (non-hydrogen) atoms. The van der Waals surface area contributed by atoms with Crippen LogP contribution in [-0.4, -0.2) is 25.9 Å². The van der Waals surface area contributed by atoms with Gasteiger partial charge in [-0.1, -0.05) is 23.8 Å². The van der Waals surface area contributed by atoms with Crippen LogP contribution in [0.3, 0.4) is 0 Å². The van der Waals surface area contributed by atoms with Crippen molar-refractivity contribution in [3.8, 4) is 11.5 Å². The summed E-state index contributed by atoms with van der Waals surface area (Å²) in [4.78, 5) is 27.4. The number of aryl methyl sites for hydroxylation is 2. The van der Waals surface area contributed by atoms with Gasteiger partial charge in [0.25, 0.3) is 5.91 Å². The maximum atomic E-state index is 13.8. The number of hydrogen-bond acceptors (Lipinski definition) is 6. The highest BCUT2D eigenvalue weighted by Gasteiger charge is 2.42. The summed E-state index contributed by atoms with van der Waals surface area (Å²) in [6.07, 6.45) is 0.940. The molecule has 2 atom stereocenters. The van der Waals surface area contributed by atoms with E-state index in [1.54, 1.807) is 14.2 Å². The van der Waals surface area contributed by atoms with Crippen LogP contribution in [0.15, 0.2) is 81.6 Å². The van der Waals surface area contributed by atoms with Crippen molar-refractivity contribution in [3.63, 3.8) is 0 Å². The van der Waals surface area contributed by atoms with Crippen LogP contribution >= 0.6 is 0 Å². The van der Waals surface area contributed by atoms with Crippen molar-refractivity contribution < 1.29 is 23.5 Å². The van der Waals surface area contributed by atoms with Crippen LogP contribution in [0, 0.1) is 13.8 Å². The number of furan rings is 1. The standard InChI is InChI=1S/C31H32N2O5/c1-17-6-10-22(11-7-17)33-31(35)28-19(3)32-23-14-21(20-9-13-25(36-4)27(16-20)37-5)15-24(34)29(23)30(28)26-12-8-18(2)38-26/h6-13,16,21,30,32H,14-15H2,1-5H3,(H,33,35). The van der Waals surface area contributed by atoms with E-state index in [1.807, 2.05) is 75.4 Å². The van der Waals surface area contributed by atoms with Crippen molar-refractivity contribution in [2.24, 2.45) is 0 Å². The van der Waals surface area contributed by atoms with Gasteiger partial charge in [-0.2, -0.15) is 0 Å². The largest absolute Gasteiger partial charge is 0.493 e. The number of allylic oxidation sites excluding steroid dienone is 3. The molecular weight excluding hydrogens is 480 g/mol. The van der Waals surface area contributed by atoms with Crippen molar-refractivity contribution in [3.05, 3.63) is 99.8 Å². The molecule has 3 aromatic rings. The summed E-state index contributed by atoms with van der Waals surface area (Å²) in [5.74, 6) is 1.68. The average Bonchev–Trinajstić information content (AvgIpc) is 3.34. The molecule has 1 aromatic heterocycles. The molecule has 7 nitrogen and oxygen atoms in total. The van der Waals surface area contributed by atoms with E-state index in [9.17, 15) is 9.59 Å². The SMILES string of the molecule is COc1ccc(C2CC(=O)C3=C(C2)NC(C)=C(C(=O)Nc2ccc(C)cc2)C3c2ccc(C)o2)cc1OC. The molecule has 2 heterocycles. The summed E-state index contributed by atoms with van der Waals surface area (Å²) >= 11 is 0. The Labute approximate surface area is 222 Å². The summed E-state index contributed by atoms with van der Waals surface area (Å²) in [5, 5.41) is 6.42. The fourth-order valence-corrected chi connectivity index (χ4v) is 5.41. The third-order valence-corrected chi connectivity index (χ3v) is 7.31. The molecule has 0 spiro atoms. The molecule has 2 aromatic carbocycles. The van der Waals surface area contributed by atoms with E-state index >= 15 is 0 Å². The lowest BCUT2D eigenvalue weighted by Crippen LogP contribution is -2.37. The topological polar surface area (TPSA) is 89.8 Å². The van der Waals surface area contributed by atoms with Gasteiger partial charge in [0.15, 0.2) is 17.3 Å². The normalized spacial score (nSPS) is 19.1. The molecule has 1 aliphatic carbocycles. The molecule has 1 aliphatic heterocycles. The molecule has 0 radical (unpaired) electrons. The number of dihydropyridines is 1. The number of carbonyl (C=O) groups is 2. The van der Waals surface area contributed by atoms with Gasteiger partial charge in [0.05, 0.1) is 25.7 Å². The minimum atomic E-state index is -0.593. The second-order valence-corrected chi connectivity index (χ2v) is 9.90. The zero-order valence-electron chi connectivity index (χ0n) is 22.3. The Kier molecular flexibility index (Phi) is 6.85. The lowest BCUT2D eigenvalue weighted by atomic mass is 9.73. The van der Waals surface area contributed by atoms with E-state index in [-0.39, 0.29) is 17.6 Å². The minimum absolute atomic E-state index is 0.00859. The second kappa shape index (κ2) is 10.2. The number of anilines is 1. The first kappa shape index (κ1) is 25.4. The number of methoxy groups -OCH3 is 2. The molecule has 2 N–H and O–H groups in total. The predicted octanol–water partition coefficient (Wildman–Crippen LogP) is 5.91. The highest BCUT2D eigenvalue weighted by molar-refractivity contribution is 6.09. The lowest BCUT2D eigenvalue weighted by molar-refractivity contribution is -0.116. The van der Waals surface area contributed by atoms with Gasteiger partial charge >= 0.3 is 0 Å². The number of amides is 1. The molecule has 7 heteroatoms. The molecule has 2 unspecified atom stereocenters. The number of ketones is 1. The van der Waals surface area contributed by atoms with Crippen molar-refractivity contribution in [2.75, 3.05) is 19.5 Å². The van der Waals surface area contributed by atoms with Crippen LogP contribution in [0.4, 0.5) is 5.69 Å². The number of hydrogen-bond donors (Lipinski definition) is 2. The van der Waals surface area contributed by atoms with Crippen LogP contribution in [0.25, 0.3) is 0 Å². The van der Waals surface area contributed by atoms with Crippen molar-refractivity contribution in [2.45, 2.75) is 45.4 Å². The van der Waals surface area contributed by atoms with E-state index in [0.29, 0.717) is 52.6 Å². The monoisotopic (exact) mass is 512 g/mol.